The first-order valence-electron chi connectivity index (χ1n) is 7.81. The number of carbonyl (C=O) groups is 1. The molecule has 0 saturated heterocycles. The van der Waals surface area contributed by atoms with Crippen LogP contribution in [0.1, 0.15) is 36.2 Å². The van der Waals surface area contributed by atoms with Crippen molar-refractivity contribution in [1.82, 2.24) is 4.98 Å². The third kappa shape index (κ3) is 4.38. The fraction of sp³-hybridized carbons (Fsp3) is 0.333. The number of aromatic nitrogens is 1. The van der Waals surface area contributed by atoms with Gasteiger partial charge in [-0.15, -0.1) is 0 Å². The highest BCUT2D eigenvalue weighted by molar-refractivity contribution is 6.31. The molecule has 0 bridgehead atoms. The van der Waals surface area contributed by atoms with Crippen molar-refractivity contribution < 1.29 is 9.53 Å². The van der Waals surface area contributed by atoms with E-state index in [0.717, 1.165) is 17.7 Å². The summed E-state index contributed by atoms with van der Waals surface area (Å²) in [6, 6.07) is 5.56. The lowest BCUT2D eigenvalue weighted by atomic mass is 10.2. The van der Waals surface area contributed by atoms with Gasteiger partial charge >= 0.3 is 0 Å². The summed E-state index contributed by atoms with van der Waals surface area (Å²) in [5.41, 5.74) is 2.72. The standard InChI is InChI=1S/C18H22ClN3O2/c1-5-12(3)21-14-7-13(9-20-10-14)18(23)22-16-6-11(2)15(19)8-17(16)24-4/h6-10,12,21H,5H2,1-4H3,(H,22,23). The van der Waals surface area contributed by atoms with Gasteiger partial charge in [0.05, 0.1) is 24.0 Å². The maximum absolute atomic E-state index is 12.5. The number of rotatable bonds is 6. The van der Waals surface area contributed by atoms with Gasteiger partial charge in [0, 0.05) is 29.5 Å². The molecule has 1 atom stereocenters. The van der Waals surface area contributed by atoms with Crippen LogP contribution < -0.4 is 15.4 Å². The molecular formula is C18H22ClN3O2. The van der Waals surface area contributed by atoms with Gasteiger partial charge in [-0.2, -0.15) is 0 Å². The SMILES string of the molecule is CCC(C)Nc1cncc(C(=O)Nc2cc(C)c(Cl)cc2OC)c1. The average Bonchev–Trinajstić information content (AvgIpc) is 2.58. The molecule has 6 heteroatoms. The van der Waals surface area contributed by atoms with E-state index in [1.54, 1.807) is 24.4 Å². The number of halogens is 1. The van der Waals surface area contributed by atoms with Gasteiger partial charge in [0.1, 0.15) is 5.75 Å². The first kappa shape index (κ1) is 18.1. The van der Waals surface area contributed by atoms with Crippen LogP contribution in [0.3, 0.4) is 0 Å². The zero-order valence-electron chi connectivity index (χ0n) is 14.3. The maximum atomic E-state index is 12.5. The number of methoxy groups -OCH3 is 1. The number of ether oxygens (including phenoxy) is 1. The Morgan fingerprint density at radius 3 is 2.75 bits per heavy atom. The highest BCUT2D eigenvalue weighted by Gasteiger charge is 2.13. The number of carbonyl (C=O) groups excluding carboxylic acids is 1. The molecule has 2 N–H and O–H groups in total. The Balaban J connectivity index is 2.21. The van der Waals surface area contributed by atoms with Gasteiger partial charge in [-0.05, 0) is 38.0 Å². The van der Waals surface area contributed by atoms with Crippen molar-refractivity contribution in [3.63, 3.8) is 0 Å². The number of amides is 1. The maximum Gasteiger partial charge on any atom is 0.257 e. The molecule has 1 aromatic heterocycles. The van der Waals surface area contributed by atoms with Crippen LogP contribution in [0.15, 0.2) is 30.6 Å². The van der Waals surface area contributed by atoms with E-state index in [0.29, 0.717) is 28.1 Å². The minimum atomic E-state index is -0.254. The van der Waals surface area contributed by atoms with Crippen LogP contribution in [0.2, 0.25) is 5.02 Å². The van der Waals surface area contributed by atoms with Crippen LogP contribution in [0.5, 0.6) is 5.75 Å². The van der Waals surface area contributed by atoms with Gasteiger partial charge in [0.15, 0.2) is 0 Å². The fourth-order valence-corrected chi connectivity index (χ4v) is 2.31. The van der Waals surface area contributed by atoms with Gasteiger partial charge in [0.25, 0.3) is 5.91 Å². The number of aryl methyl sites for hydroxylation is 1. The normalized spacial score (nSPS) is 11.7. The Labute approximate surface area is 147 Å². The summed E-state index contributed by atoms with van der Waals surface area (Å²) < 4.78 is 5.28. The number of hydrogen-bond donors (Lipinski definition) is 2. The number of nitrogens with one attached hydrogen (secondary N) is 2. The summed E-state index contributed by atoms with van der Waals surface area (Å²) in [6.07, 6.45) is 4.22. The van der Waals surface area contributed by atoms with Crippen LogP contribution >= 0.6 is 11.6 Å². The molecule has 0 aliphatic rings. The molecule has 2 rings (SSSR count). The molecule has 1 heterocycles. The van der Waals surface area contributed by atoms with E-state index in [4.69, 9.17) is 16.3 Å². The van der Waals surface area contributed by atoms with Crippen LogP contribution in [0, 0.1) is 6.92 Å². The highest BCUT2D eigenvalue weighted by atomic mass is 35.5. The third-order valence-electron chi connectivity index (χ3n) is 3.75. The van der Waals surface area contributed by atoms with Crippen LogP contribution in [0.25, 0.3) is 0 Å². The van der Waals surface area contributed by atoms with Crippen molar-refractivity contribution in [3.8, 4) is 5.75 Å². The predicted molar refractivity (Wildman–Crippen MR) is 98.3 cm³/mol. The number of anilines is 2. The number of nitrogens with zero attached hydrogens (tertiary/aromatic N) is 1. The summed E-state index contributed by atoms with van der Waals surface area (Å²) in [6.45, 7) is 6.04. The quantitative estimate of drug-likeness (QED) is 0.806. The molecule has 1 amide bonds. The summed E-state index contributed by atoms with van der Waals surface area (Å²) in [5.74, 6) is 0.260. The number of hydrogen-bond acceptors (Lipinski definition) is 4. The third-order valence-corrected chi connectivity index (χ3v) is 4.16. The summed E-state index contributed by atoms with van der Waals surface area (Å²) in [7, 11) is 1.54. The average molecular weight is 348 g/mol. The molecule has 128 valence electrons. The Morgan fingerprint density at radius 1 is 1.33 bits per heavy atom. The molecule has 1 aromatic carbocycles. The second-order valence-corrected chi connectivity index (χ2v) is 6.08. The first-order chi connectivity index (χ1) is 11.4. The zero-order chi connectivity index (χ0) is 17.7. The lowest BCUT2D eigenvalue weighted by molar-refractivity contribution is 0.102. The topological polar surface area (TPSA) is 63.2 Å². The Bertz CT molecular complexity index is 734. The second-order valence-electron chi connectivity index (χ2n) is 5.67. The highest BCUT2D eigenvalue weighted by Crippen LogP contribution is 2.31. The Kier molecular flexibility index (Phi) is 6.04. The molecular weight excluding hydrogens is 326 g/mol. The molecule has 2 aromatic rings. The van der Waals surface area contributed by atoms with Crippen molar-refractivity contribution in [3.05, 3.63) is 46.7 Å². The first-order valence-corrected chi connectivity index (χ1v) is 8.19. The van der Waals surface area contributed by atoms with Gasteiger partial charge in [-0.25, -0.2) is 0 Å². The van der Waals surface area contributed by atoms with Gasteiger partial charge in [0.2, 0.25) is 0 Å². The number of pyridine rings is 1. The van der Waals surface area contributed by atoms with E-state index < -0.39 is 0 Å². The summed E-state index contributed by atoms with van der Waals surface area (Å²) in [5, 5.41) is 6.74. The molecule has 0 fully saturated rings. The Morgan fingerprint density at radius 2 is 2.08 bits per heavy atom. The van der Waals surface area contributed by atoms with Gasteiger partial charge < -0.3 is 15.4 Å². The van der Waals surface area contributed by atoms with Crippen molar-refractivity contribution in [2.75, 3.05) is 17.7 Å². The van der Waals surface area contributed by atoms with E-state index in [1.807, 2.05) is 6.92 Å². The molecule has 1 unspecified atom stereocenters. The molecule has 0 spiro atoms. The smallest absolute Gasteiger partial charge is 0.257 e. The van der Waals surface area contributed by atoms with Crippen molar-refractivity contribution in [1.29, 1.82) is 0 Å². The molecule has 0 aliphatic heterocycles. The Hall–Kier alpha value is -2.27. The monoisotopic (exact) mass is 347 g/mol. The lowest BCUT2D eigenvalue weighted by Crippen LogP contribution is -2.16. The van der Waals surface area contributed by atoms with Crippen molar-refractivity contribution in [2.45, 2.75) is 33.2 Å². The van der Waals surface area contributed by atoms with Crippen molar-refractivity contribution in [2.24, 2.45) is 0 Å². The largest absolute Gasteiger partial charge is 0.495 e. The molecule has 0 aliphatic carbocycles. The fourth-order valence-electron chi connectivity index (χ4n) is 2.15. The van der Waals surface area contributed by atoms with E-state index >= 15 is 0 Å². The summed E-state index contributed by atoms with van der Waals surface area (Å²) in [4.78, 5) is 16.7. The van der Waals surface area contributed by atoms with Gasteiger partial charge in [-0.1, -0.05) is 18.5 Å². The minimum absolute atomic E-state index is 0.254. The molecule has 0 saturated carbocycles. The van der Waals surface area contributed by atoms with Gasteiger partial charge in [-0.3, -0.25) is 9.78 Å². The van der Waals surface area contributed by atoms with E-state index in [-0.39, 0.29) is 5.91 Å². The van der Waals surface area contributed by atoms with Crippen LogP contribution in [-0.4, -0.2) is 24.0 Å². The minimum Gasteiger partial charge on any atom is -0.495 e. The van der Waals surface area contributed by atoms with Crippen LogP contribution in [0.4, 0.5) is 11.4 Å². The molecule has 24 heavy (non-hydrogen) atoms. The van der Waals surface area contributed by atoms with Crippen molar-refractivity contribution >= 4 is 28.9 Å². The number of benzene rings is 1. The zero-order valence-corrected chi connectivity index (χ0v) is 15.1. The van der Waals surface area contributed by atoms with E-state index in [2.05, 4.69) is 29.5 Å². The lowest BCUT2D eigenvalue weighted by Gasteiger charge is -2.14. The molecule has 0 radical (unpaired) electrons. The molecule has 5 nitrogen and oxygen atoms in total. The summed E-state index contributed by atoms with van der Waals surface area (Å²) >= 11 is 6.09. The van der Waals surface area contributed by atoms with E-state index in [1.165, 1.54) is 13.3 Å². The predicted octanol–water partition coefficient (Wildman–Crippen LogP) is 4.51. The second kappa shape index (κ2) is 8.02. The van der Waals surface area contributed by atoms with Crippen LogP contribution in [-0.2, 0) is 0 Å². The van der Waals surface area contributed by atoms with E-state index in [9.17, 15) is 4.79 Å².